The number of nitrogens with one attached hydrogen (secondary N) is 2. The van der Waals surface area contributed by atoms with Gasteiger partial charge in [0.05, 0.1) is 36.0 Å². The Balaban J connectivity index is 1.58. The number of aliphatic hydroxyl groups is 2. The second-order valence-electron chi connectivity index (χ2n) is 16.0. The Kier molecular flexibility index (Phi) is 12.9. The number of aromatic nitrogens is 1. The van der Waals surface area contributed by atoms with Crippen molar-refractivity contribution in [1.29, 1.82) is 0 Å². The van der Waals surface area contributed by atoms with Crippen LogP contribution >= 0.6 is 0 Å². The van der Waals surface area contributed by atoms with Crippen LogP contribution in [0, 0.1) is 17.8 Å². The molecular weight excluding hydrogens is 710 g/mol. The summed E-state index contributed by atoms with van der Waals surface area (Å²) in [6.07, 6.45) is 0.0381. The first-order valence-electron chi connectivity index (χ1n) is 19.2. The van der Waals surface area contributed by atoms with Crippen LogP contribution < -0.4 is 10.6 Å². The van der Waals surface area contributed by atoms with Gasteiger partial charge in [-0.15, -0.1) is 0 Å². The topological polar surface area (TPSA) is 192 Å². The second-order valence-corrected chi connectivity index (χ2v) is 16.0. The number of aliphatic hydroxyl groups excluding tert-OH is 1. The Bertz CT molecular complexity index is 1770. The number of rotatable bonds is 8. The van der Waals surface area contributed by atoms with E-state index >= 15 is 0 Å². The summed E-state index contributed by atoms with van der Waals surface area (Å²) in [6, 6.07) is 8.39. The summed E-state index contributed by atoms with van der Waals surface area (Å²) in [4.78, 5) is 59.9. The van der Waals surface area contributed by atoms with Gasteiger partial charge in [-0.1, -0.05) is 58.0 Å². The zero-order valence-electron chi connectivity index (χ0n) is 33.2. The zero-order chi connectivity index (χ0) is 40.5. The number of cyclic esters (lactones) is 1. The van der Waals surface area contributed by atoms with E-state index in [1.54, 1.807) is 53.9 Å². The van der Waals surface area contributed by atoms with Crippen molar-refractivity contribution in [3.8, 4) is 0 Å². The fraction of sp³-hybridized carbons (Fsp3) is 0.634. The molecule has 2 aromatic rings. The van der Waals surface area contributed by atoms with Crippen LogP contribution in [0.5, 0.6) is 0 Å². The van der Waals surface area contributed by atoms with E-state index in [0.717, 1.165) is 23.4 Å². The predicted molar refractivity (Wildman–Crippen MR) is 203 cm³/mol. The molecule has 0 radical (unpaired) electrons. The number of para-hydroxylation sites is 1. The smallest absolute Gasteiger partial charge is 0.408 e. The van der Waals surface area contributed by atoms with Crippen molar-refractivity contribution in [2.75, 3.05) is 13.7 Å². The predicted octanol–water partition coefficient (Wildman–Crippen LogP) is 3.88. The van der Waals surface area contributed by atoms with Crippen LogP contribution in [0.4, 0.5) is 4.79 Å². The standard InChI is InChI=1S/C41H57N3O11/c1-10-30-41(8)33(44-38(49)55-41)24(4)31(45)22(2)20-39(6,51-17-13-14-26-19-27-15-11-12-16-28(27)43-21-26)35(25(5)34(47)40(7,50)37(48)53-30)54-36-32(46)29(42-9)18-23(3)52-36/h11-16,19,21-25,29-30,32-33,35-36,42,46,50H,10,17-18,20H2,1-9H3,(H,44,49)/b14-13+/t22-,23-,24+,25+,29+,30-,32-,33-,35-,36+,39-,40+,41-/m1/s1. The lowest BCUT2D eigenvalue weighted by Gasteiger charge is -2.47. The van der Waals surface area contributed by atoms with E-state index in [4.69, 9.17) is 23.7 Å². The molecule has 14 heteroatoms. The zero-order valence-corrected chi connectivity index (χ0v) is 33.2. The number of fused-ring (bicyclic) bond motifs is 2. The van der Waals surface area contributed by atoms with E-state index < -0.39 is 89.1 Å². The van der Waals surface area contributed by atoms with Crippen LogP contribution in [0.2, 0.25) is 0 Å². The molecule has 0 saturated carbocycles. The molecule has 3 aliphatic heterocycles. The number of carbonyl (C=O) groups excluding carboxylic acids is 4. The molecule has 0 unspecified atom stereocenters. The van der Waals surface area contributed by atoms with Crippen molar-refractivity contribution in [1.82, 2.24) is 15.6 Å². The number of hydrogen-bond donors (Lipinski definition) is 4. The molecule has 1 aromatic carbocycles. The van der Waals surface area contributed by atoms with E-state index in [1.807, 2.05) is 43.3 Å². The summed E-state index contributed by atoms with van der Waals surface area (Å²) in [5.41, 5.74) is -4.01. The van der Waals surface area contributed by atoms with Gasteiger partial charge in [-0.3, -0.25) is 14.6 Å². The minimum atomic E-state index is -2.69. The number of benzene rings is 1. The molecule has 3 aliphatic rings. The van der Waals surface area contributed by atoms with Gasteiger partial charge in [0.2, 0.25) is 5.60 Å². The lowest BCUT2D eigenvalue weighted by Crippen LogP contribution is -2.62. The van der Waals surface area contributed by atoms with Crippen LogP contribution in [0.15, 0.2) is 42.6 Å². The lowest BCUT2D eigenvalue weighted by atomic mass is 9.73. The Labute approximate surface area is 322 Å². The first-order valence-corrected chi connectivity index (χ1v) is 19.2. The second kappa shape index (κ2) is 16.7. The Morgan fingerprint density at radius 1 is 1.07 bits per heavy atom. The van der Waals surface area contributed by atoms with Crippen LogP contribution in [0.1, 0.15) is 80.2 Å². The van der Waals surface area contributed by atoms with Crippen molar-refractivity contribution in [2.24, 2.45) is 17.8 Å². The van der Waals surface area contributed by atoms with Gasteiger partial charge < -0.3 is 44.5 Å². The summed E-state index contributed by atoms with van der Waals surface area (Å²) in [7, 11) is 1.71. The number of amides is 1. The van der Waals surface area contributed by atoms with Crippen molar-refractivity contribution in [3.05, 3.63) is 48.2 Å². The maximum atomic E-state index is 14.4. The Morgan fingerprint density at radius 3 is 2.47 bits per heavy atom. The number of carbonyl (C=O) groups is 4. The number of esters is 1. The lowest BCUT2D eigenvalue weighted by molar-refractivity contribution is -0.292. The van der Waals surface area contributed by atoms with Crippen LogP contribution in [0.3, 0.4) is 0 Å². The van der Waals surface area contributed by atoms with E-state index in [9.17, 15) is 29.4 Å². The highest BCUT2D eigenvalue weighted by Gasteiger charge is 2.59. The third kappa shape index (κ3) is 8.64. The average Bonchev–Trinajstić information content (AvgIpc) is 3.47. The highest BCUT2D eigenvalue weighted by Crippen LogP contribution is 2.40. The first kappa shape index (κ1) is 42.4. The fourth-order valence-corrected chi connectivity index (χ4v) is 8.55. The summed E-state index contributed by atoms with van der Waals surface area (Å²) in [6.45, 7) is 12.8. The summed E-state index contributed by atoms with van der Waals surface area (Å²) < 4.78 is 30.9. The molecule has 1 aromatic heterocycles. The highest BCUT2D eigenvalue weighted by molar-refractivity contribution is 6.07. The number of ether oxygens (including phenoxy) is 5. The summed E-state index contributed by atoms with van der Waals surface area (Å²) in [5.74, 6) is -5.28. The maximum absolute atomic E-state index is 14.4. The molecule has 3 fully saturated rings. The first-order chi connectivity index (χ1) is 25.9. The Hall–Kier alpha value is -3.79. The number of Topliss-reactive ketones (excluding diaryl/α,β-unsaturated/α-hetero) is 2. The van der Waals surface area contributed by atoms with Gasteiger partial charge in [0, 0.05) is 35.4 Å². The molecule has 13 atom stereocenters. The van der Waals surface area contributed by atoms with Gasteiger partial charge in [0.15, 0.2) is 17.7 Å². The molecule has 0 bridgehead atoms. The van der Waals surface area contributed by atoms with Gasteiger partial charge in [0.1, 0.15) is 18.0 Å². The maximum Gasteiger partial charge on any atom is 0.408 e. The molecule has 5 rings (SSSR count). The van der Waals surface area contributed by atoms with Gasteiger partial charge in [-0.05, 0) is 71.7 Å². The van der Waals surface area contributed by atoms with Crippen molar-refractivity contribution in [3.63, 3.8) is 0 Å². The number of likely N-dealkylation sites (N-methyl/N-ethyl adjacent to an activating group) is 1. The molecule has 1 amide bonds. The van der Waals surface area contributed by atoms with E-state index in [-0.39, 0.29) is 31.3 Å². The Morgan fingerprint density at radius 2 is 1.78 bits per heavy atom. The molecular formula is C41H57N3O11. The fourth-order valence-electron chi connectivity index (χ4n) is 8.55. The molecule has 55 heavy (non-hydrogen) atoms. The number of ketones is 2. The molecule has 14 nitrogen and oxygen atoms in total. The number of pyridine rings is 1. The monoisotopic (exact) mass is 767 g/mol. The van der Waals surface area contributed by atoms with Crippen LogP contribution in [-0.4, -0.2) is 112 Å². The normalized spacial score (nSPS) is 39.3. The molecule has 0 aliphatic carbocycles. The molecule has 4 N–H and O–H groups in total. The minimum Gasteiger partial charge on any atom is -0.456 e. The van der Waals surface area contributed by atoms with Crippen molar-refractivity contribution >= 4 is 40.6 Å². The molecule has 3 saturated heterocycles. The molecule has 4 heterocycles. The quantitative estimate of drug-likeness (QED) is 0.224. The van der Waals surface area contributed by atoms with Gasteiger partial charge in [0.25, 0.3) is 0 Å². The van der Waals surface area contributed by atoms with Gasteiger partial charge in [-0.2, -0.15) is 0 Å². The van der Waals surface area contributed by atoms with Crippen molar-refractivity contribution in [2.45, 2.75) is 134 Å². The third-order valence-corrected chi connectivity index (χ3v) is 11.7. The van der Waals surface area contributed by atoms with Crippen LogP contribution in [-0.2, 0) is 38.1 Å². The molecule has 0 spiro atoms. The summed E-state index contributed by atoms with van der Waals surface area (Å²) >= 11 is 0. The van der Waals surface area contributed by atoms with E-state index in [0.29, 0.717) is 6.42 Å². The van der Waals surface area contributed by atoms with Crippen molar-refractivity contribution < 1.29 is 53.1 Å². The third-order valence-electron chi connectivity index (χ3n) is 11.7. The van der Waals surface area contributed by atoms with Gasteiger partial charge >= 0.3 is 12.1 Å². The minimum absolute atomic E-state index is 0.000309. The SMILES string of the molecule is CC[C@H]1OC(=O)[C@@](C)(O)C(=O)[C@H](C)[C@@H](O[C@@H]2O[C@H](C)C[C@H](NC)[C@H]2O)[C@](C)(OC/C=C/c2cnc3ccccc3c2)C[C@@H](C)C(=O)[C@H](C)[C@H]2NC(=O)O[C@@]21C. The van der Waals surface area contributed by atoms with E-state index in [2.05, 4.69) is 15.6 Å². The number of nitrogens with zero attached hydrogens (tertiary/aromatic N) is 1. The van der Waals surface area contributed by atoms with Gasteiger partial charge in [-0.25, -0.2) is 9.59 Å². The largest absolute Gasteiger partial charge is 0.456 e. The van der Waals surface area contributed by atoms with E-state index in [1.165, 1.54) is 6.92 Å². The number of alkyl carbamates (subject to hydrolysis) is 1. The highest BCUT2D eigenvalue weighted by atomic mass is 16.7. The van der Waals surface area contributed by atoms with Crippen LogP contribution in [0.25, 0.3) is 17.0 Å². The average molecular weight is 768 g/mol. The summed E-state index contributed by atoms with van der Waals surface area (Å²) in [5, 5.41) is 29.9. The number of hydrogen-bond acceptors (Lipinski definition) is 13. The molecule has 302 valence electrons.